The minimum Gasteiger partial charge on any atom is -0.326 e. The lowest BCUT2D eigenvalue weighted by atomic mass is 10.1. The fourth-order valence-corrected chi connectivity index (χ4v) is 3.22. The fraction of sp³-hybridized carbons (Fsp3) is 0.357. The van der Waals surface area contributed by atoms with E-state index >= 15 is 0 Å². The number of imidazole rings is 1. The van der Waals surface area contributed by atoms with Crippen LogP contribution in [0.5, 0.6) is 0 Å². The van der Waals surface area contributed by atoms with Crippen molar-refractivity contribution in [2.24, 2.45) is 5.73 Å². The van der Waals surface area contributed by atoms with E-state index in [0.29, 0.717) is 0 Å². The maximum atomic E-state index is 6.17. The highest BCUT2D eigenvalue weighted by atomic mass is 79.9. The lowest BCUT2D eigenvalue weighted by molar-refractivity contribution is 0.464. The molecule has 1 unspecified atom stereocenters. The Bertz CT molecular complexity index is 571. The van der Waals surface area contributed by atoms with Gasteiger partial charge in [0.05, 0.1) is 5.69 Å². The Kier molecular flexibility index (Phi) is 2.99. The van der Waals surface area contributed by atoms with E-state index in [1.807, 2.05) is 0 Å². The molecule has 1 atom stereocenters. The lowest BCUT2D eigenvalue weighted by Crippen LogP contribution is -2.22. The van der Waals surface area contributed by atoms with Crippen molar-refractivity contribution in [3.05, 3.63) is 40.1 Å². The van der Waals surface area contributed by atoms with Crippen LogP contribution in [-0.2, 0) is 6.54 Å². The first kappa shape index (κ1) is 11.9. The summed E-state index contributed by atoms with van der Waals surface area (Å²) in [6.07, 6.45) is 2.16. The minimum atomic E-state index is 0.0971. The Hall–Kier alpha value is -1.13. The van der Waals surface area contributed by atoms with Crippen LogP contribution in [0.3, 0.4) is 0 Å². The molecule has 18 heavy (non-hydrogen) atoms. The summed E-state index contributed by atoms with van der Waals surface area (Å²) < 4.78 is 3.15. The number of aryl methyl sites for hydroxylation is 1. The Morgan fingerprint density at radius 3 is 2.78 bits per heavy atom. The van der Waals surface area contributed by atoms with Crippen LogP contribution in [0.2, 0.25) is 0 Å². The molecule has 0 radical (unpaired) electrons. The first-order chi connectivity index (χ1) is 8.66. The average Bonchev–Trinajstić information content (AvgIpc) is 2.69. The van der Waals surface area contributed by atoms with E-state index in [9.17, 15) is 0 Å². The molecule has 0 amide bonds. The standard InChI is InChI=1S/C14H16BrN3/c1-9-4-6-10(7-5-9)14-17-13(15)12-11(16)3-2-8-18(12)14/h4-7,11H,2-3,8,16H2,1H3. The Labute approximate surface area is 115 Å². The van der Waals surface area contributed by atoms with Crippen LogP contribution in [0.1, 0.15) is 30.1 Å². The maximum absolute atomic E-state index is 6.17. The number of nitrogens with zero attached hydrogens (tertiary/aromatic N) is 2. The second-order valence-electron chi connectivity index (χ2n) is 4.88. The largest absolute Gasteiger partial charge is 0.326 e. The van der Waals surface area contributed by atoms with Gasteiger partial charge in [0.25, 0.3) is 0 Å². The molecule has 4 heteroatoms. The van der Waals surface area contributed by atoms with Crippen molar-refractivity contribution >= 4 is 15.9 Å². The summed E-state index contributed by atoms with van der Waals surface area (Å²) in [5.74, 6) is 1.02. The first-order valence-corrected chi connectivity index (χ1v) is 7.04. The second-order valence-corrected chi connectivity index (χ2v) is 5.63. The topological polar surface area (TPSA) is 43.8 Å². The van der Waals surface area contributed by atoms with Crippen LogP contribution in [0.15, 0.2) is 28.9 Å². The zero-order valence-corrected chi connectivity index (χ0v) is 11.9. The third-order valence-corrected chi connectivity index (χ3v) is 4.10. The zero-order chi connectivity index (χ0) is 12.7. The monoisotopic (exact) mass is 305 g/mol. The second kappa shape index (κ2) is 4.52. The number of halogens is 1. The molecule has 2 heterocycles. The van der Waals surface area contributed by atoms with Gasteiger partial charge < -0.3 is 10.3 Å². The van der Waals surface area contributed by atoms with E-state index in [0.717, 1.165) is 41.1 Å². The van der Waals surface area contributed by atoms with Crippen LogP contribution < -0.4 is 5.73 Å². The maximum Gasteiger partial charge on any atom is 0.141 e. The average molecular weight is 306 g/mol. The number of fused-ring (bicyclic) bond motifs is 1. The number of benzene rings is 1. The molecule has 1 aromatic carbocycles. The Balaban J connectivity index is 2.13. The van der Waals surface area contributed by atoms with Crippen molar-refractivity contribution in [2.45, 2.75) is 32.4 Å². The molecule has 3 rings (SSSR count). The normalized spacial score (nSPS) is 18.7. The quantitative estimate of drug-likeness (QED) is 0.877. The van der Waals surface area contributed by atoms with E-state index in [2.05, 4.69) is 56.7 Å². The van der Waals surface area contributed by atoms with Gasteiger partial charge >= 0.3 is 0 Å². The van der Waals surface area contributed by atoms with Crippen molar-refractivity contribution < 1.29 is 0 Å². The zero-order valence-electron chi connectivity index (χ0n) is 10.4. The molecular formula is C14H16BrN3. The summed E-state index contributed by atoms with van der Waals surface area (Å²) in [6.45, 7) is 3.10. The van der Waals surface area contributed by atoms with Gasteiger partial charge in [0, 0.05) is 18.2 Å². The number of hydrogen-bond donors (Lipinski definition) is 1. The summed E-state index contributed by atoms with van der Waals surface area (Å²) in [4.78, 5) is 4.64. The molecule has 94 valence electrons. The molecule has 1 aliphatic heterocycles. The van der Waals surface area contributed by atoms with Crippen molar-refractivity contribution in [3.8, 4) is 11.4 Å². The molecule has 2 aromatic rings. The van der Waals surface area contributed by atoms with Crippen LogP contribution in [-0.4, -0.2) is 9.55 Å². The van der Waals surface area contributed by atoms with E-state index in [-0.39, 0.29) is 6.04 Å². The summed E-state index contributed by atoms with van der Waals surface area (Å²) in [7, 11) is 0. The highest BCUT2D eigenvalue weighted by Crippen LogP contribution is 2.34. The molecule has 0 fully saturated rings. The number of nitrogens with two attached hydrogens (primary N) is 1. The van der Waals surface area contributed by atoms with Crippen molar-refractivity contribution in [3.63, 3.8) is 0 Å². The van der Waals surface area contributed by atoms with E-state index in [1.165, 1.54) is 5.56 Å². The van der Waals surface area contributed by atoms with Gasteiger partial charge in [-0.2, -0.15) is 0 Å². The van der Waals surface area contributed by atoms with Crippen LogP contribution >= 0.6 is 15.9 Å². The molecular weight excluding hydrogens is 290 g/mol. The van der Waals surface area contributed by atoms with Crippen LogP contribution in [0.4, 0.5) is 0 Å². The molecule has 1 aliphatic rings. The third-order valence-electron chi connectivity index (χ3n) is 3.52. The Morgan fingerprint density at radius 1 is 1.33 bits per heavy atom. The van der Waals surface area contributed by atoms with Crippen molar-refractivity contribution in [2.75, 3.05) is 0 Å². The number of rotatable bonds is 1. The summed E-state index contributed by atoms with van der Waals surface area (Å²) >= 11 is 3.54. The summed E-state index contributed by atoms with van der Waals surface area (Å²) in [5.41, 5.74) is 9.73. The predicted octanol–water partition coefficient (Wildman–Crippen LogP) is 3.41. The number of hydrogen-bond acceptors (Lipinski definition) is 2. The smallest absolute Gasteiger partial charge is 0.141 e. The van der Waals surface area contributed by atoms with E-state index in [4.69, 9.17) is 5.73 Å². The van der Waals surface area contributed by atoms with Gasteiger partial charge in [0.1, 0.15) is 10.4 Å². The fourth-order valence-electron chi connectivity index (χ4n) is 2.54. The van der Waals surface area contributed by atoms with Gasteiger partial charge in [-0.25, -0.2) is 4.98 Å². The molecule has 0 spiro atoms. The van der Waals surface area contributed by atoms with Gasteiger partial charge in [-0.15, -0.1) is 0 Å². The van der Waals surface area contributed by atoms with Gasteiger partial charge in [0.2, 0.25) is 0 Å². The third kappa shape index (κ3) is 1.89. The first-order valence-electron chi connectivity index (χ1n) is 6.25. The molecule has 0 saturated carbocycles. The van der Waals surface area contributed by atoms with E-state index in [1.54, 1.807) is 0 Å². The highest BCUT2D eigenvalue weighted by Gasteiger charge is 2.24. The number of aromatic nitrogens is 2. The van der Waals surface area contributed by atoms with Crippen LogP contribution in [0, 0.1) is 6.92 Å². The van der Waals surface area contributed by atoms with E-state index < -0.39 is 0 Å². The molecule has 0 saturated heterocycles. The van der Waals surface area contributed by atoms with Crippen LogP contribution in [0.25, 0.3) is 11.4 Å². The summed E-state index contributed by atoms with van der Waals surface area (Å²) in [6, 6.07) is 8.58. The van der Waals surface area contributed by atoms with Gasteiger partial charge in [0.15, 0.2) is 0 Å². The van der Waals surface area contributed by atoms with Gasteiger partial charge in [-0.3, -0.25) is 0 Å². The summed E-state index contributed by atoms with van der Waals surface area (Å²) in [5, 5.41) is 0. The highest BCUT2D eigenvalue weighted by molar-refractivity contribution is 9.10. The van der Waals surface area contributed by atoms with Gasteiger partial charge in [-0.1, -0.05) is 29.8 Å². The predicted molar refractivity (Wildman–Crippen MR) is 76.3 cm³/mol. The molecule has 2 N–H and O–H groups in total. The van der Waals surface area contributed by atoms with Gasteiger partial charge in [-0.05, 0) is 35.7 Å². The van der Waals surface area contributed by atoms with Crippen molar-refractivity contribution in [1.29, 1.82) is 0 Å². The molecule has 0 aliphatic carbocycles. The molecule has 3 nitrogen and oxygen atoms in total. The van der Waals surface area contributed by atoms with Crippen molar-refractivity contribution in [1.82, 2.24) is 9.55 Å². The molecule has 0 bridgehead atoms. The minimum absolute atomic E-state index is 0.0971. The lowest BCUT2D eigenvalue weighted by Gasteiger charge is -2.22. The Morgan fingerprint density at radius 2 is 2.06 bits per heavy atom. The molecule has 1 aromatic heterocycles. The SMILES string of the molecule is Cc1ccc(-c2nc(Br)c3n2CCCC3N)cc1.